The predicted octanol–water partition coefficient (Wildman–Crippen LogP) is 4.31. The Hall–Kier alpha value is -1.91. The van der Waals surface area contributed by atoms with E-state index < -0.39 is 28.5 Å². The number of nitrogens with one attached hydrogen (secondary N) is 1. The molecular formula is C23H29Br2N3O4S. The fraction of sp³-hybridized carbons (Fsp3) is 0.391. The van der Waals surface area contributed by atoms with Gasteiger partial charge in [-0.25, -0.2) is 8.42 Å². The fourth-order valence-corrected chi connectivity index (χ4v) is 4.43. The third-order valence-corrected chi connectivity index (χ3v) is 7.43. The number of carbonyl (C=O) groups is 2. The molecule has 2 amide bonds. The Kier molecular flexibility index (Phi) is 9.93. The third kappa shape index (κ3) is 8.12. The van der Waals surface area contributed by atoms with Gasteiger partial charge in [-0.1, -0.05) is 50.9 Å². The number of sulfonamides is 1. The molecule has 0 bridgehead atoms. The summed E-state index contributed by atoms with van der Waals surface area (Å²) in [6.07, 6.45) is 1.81. The van der Waals surface area contributed by atoms with E-state index in [4.69, 9.17) is 0 Å². The van der Waals surface area contributed by atoms with Crippen molar-refractivity contribution in [1.29, 1.82) is 0 Å². The first-order chi connectivity index (χ1) is 15.4. The standard InChI is InChI=1S/C23H29Br2N3O4S/c1-5-16(2)26-23(30)17(3)27(14-18-6-8-19(24)9-7-18)22(29)15-28(33(4,31)32)21-12-10-20(25)11-13-21/h6-13,16-17H,5,14-15H2,1-4H3,(H,26,30). The number of halogens is 2. The van der Waals surface area contributed by atoms with Crippen LogP contribution in [0.3, 0.4) is 0 Å². The number of rotatable bonds is 10. The molecule has 0 fully saturated rings. The van der Waals surface area contributed by atoms with Crippen molar-refractivity contribution in [3.8, 4) is 0 Å². The maximum absolute atomic E-state index is 13.4. The van der Waals surface area contributed by atoms with Crippen molar-refractivity contribution < 1.29 is 18.0 Å². The summed E-state index contributed by atoms with van der Waals surface area (Å²) >= 11 is 6.72. The summed E-state index contributed by atoms with van der Waals surface area (Å²) in [4.78, 5) is 27.7. The average molecular weight is 603 g/mol. The molecule has 0 aliphatic rings. The topological polar surface area (TPSA) is 86.8 Å². The van der Waals surface area contributed by atoms with Gasteiger partial charge in [-0.2, -0.15) is 0 Å². The molecule has 33 heavy (non-hydrogen) atoms. The molecule has 0 radical (unpaired) electrons. The van der Waals surface area contributed by atoms with Gasteiger partial charge >= 0.3 is 0 Å². The number of nitrogens with zero attached hydrogens (tertiary/aromatic N) is 2. The van der Waals surface area contributed by atoms with Crippen LogP contribution in [0.15, 0.2) is 57.5 Å². The van der Waals surface area contributed by atoms with Gasteiger partial charge in [0.05, 0.1) is 11.9 Å². The summed E-state index contributed by atoms with van der Waals surface area (Å²) in [7, 11) is -3.74. The quantitative estimate of drug-likeness (QED) is 0.439. The van der Waals surface area contributed by atoms with Crippen molar-refractivity contribution in [2.45, 2.75) is 45.8 Å². The lowest BCUT2D eigenvalue weighted by Crippen LogP contribution is -2.52. The summed E-state index contributed by atoms with van der Waals surface area (Å²) in [6, 6.07) is 13.2. The number of amides is 2. The molecule has 2 aromatic rings. The van der Waals surface area contributed by atoms with Crippen LogP contribution in [-0.4, -0.2) is 50.0 Å². The minimum Gasteiger partial charge on any atom is -0.352 e. The maximum Gasteiger partial charge on any atom is 0.244 e. The van der Waals surface area contributed by atoms with Crippen molar-refractivity contribution in [2.24, 2.45) is 0 Å². The van der Waals surface area contributed by atoms with Gasteiger partial charge in [-0.05, 0) is 62.2 Å². The van der Waals surface area contributed by atoms with E-state index in [9.17, 15) is 18.0 Å². The van der Waals surface area contributed by atoms with Crippen molar-refractivity contribution in [3.63, 3.8) is 0 Å². The normalized spacial score (nSPS) is 13.2. The van der Waals surface area contributed by atoms with E-state index in [-0.39, 0.29) is 18.5 Å². The lowest BCUT2D eigenvalue weighted by molar-refractivity contribution is -0.139. The molecular weight excluding hydrogens is 574 g/mol. The van der Waals surface area contributed by atoms with E-state index in [0.717, 1.165) is 31.5 Å². The van der Waals surface area contributed by atoms with Gasteiger partial charge in [-0.15, -0.1) is 0 Å². The van der Waals surface area contributed by atoms with Crippen LogP contribution in [-0.2, 0) is 26.2 Å². The minimum atomic E-state index is -3.74. The Balaban J connectivity index is 2.36. The van der Waals surface area contributed by atoms with Crippen LogP contribution >= 0.6 is 31.9 Å². The maximum atomic E-state index is 13.4. The number of anilines is 1. The van der Waals surface area contributed by atoms with Crippen molar-refractivity contribution >= 4 is 59.4 Å². The van der Waals surface area contributed by atoms with E-state index in [1.807, 2.05) is 38.1 Å². The van der Waals surface area contributed by atoms with Crippen LogP contribution in [0, 0.1) is 0 Å². The molecule has 0 saturated heterocycles. The van der Waals surface area contributed by atoms with Gasteiger partial charge in [-0.3, -0.25) is 13.9 Å². The predicted molar refractivity (Wildman–Crippen MR) is 138 cm³/mol. The van der Waals surface area contributed by atoms with Gasteiger partial charge in [0.15, 0.2) is 0 Å². The van der Waals surface area contributed by atoms with Crippen molar-refractivity contribution in [2.75, 3.05) is 17.1 Å². The Morgan fingerprint density at radius 3 is 1.97 bits per heavy atom. The second-order valence-corrected chi connectivity index (χ2v) is 11.6. The van der Waals surface area contributed by atoms with Gasteiger partial charge in [0.25, 0.3) is 0 Å². The molecule has 1 N–H and O–H groups in total. The smallest absolute Gasteiger partial charge is 0.244 e. The van der Waals surface area contributed by atoms with Crippen molar-refractivity contribution in [3.05, 3.63) is 63.0 Å². The summed E-state index contributed by atoms with van der Waals surface area (Å²) in [5, 5.41) is 2.90. The molecule has 2 atom stereocenters. The van der Waals surface area contributed by atoms with Crippen LogP contribution in [0.25, 0.3) is 0 Å². The number of benzene rings is 2. The van der Waals surface area contributed by atoms with E-state index >= 15 is 0 Å². The highest BCUT2D eigenvalue weighted by Gasteiger charge is 2.30. The Morgan fingerprint density at radius 1 is 0.970 bits per heavy atom. The highest BCUT2D eigenvalue weighted by Crippen LogP contribution is 2.22. The third-order valence-electron chi connectivity index (χ3n) is 5.23. The fourth-order valence-electron chi connectivity index (χ4n) is 3.06. The first-order valence-corrected chi connectivity index (χ1v) is 13.9. The minimum absolute atomic E-state index is 0.0418. The van der Waals surface area contributed by atoms with Crippen molar-refractivity contribution in [1.82, 2.24) is 10.2 Å². The molecule has 180 valence electrons. The van der Waals surface area contributed by atoms with Crippen LogP contribution in [0.1, 0.15) is 32.8 Å². The number of carbonyl (C=O) groups excluding carboxylic acids is 2. The largest absolute Gasteiger partial charge is 0.352 e. The number of hydrogen-bond acceptors (Lipinski definition) is 4. The summed E-state index contributed by atoms with van der Waals surface area (Å²) < 4.78 is 27.8. The summed E-state index contributed by atoms with van der Waals surface area (Å²) in [6.45, 7) is 5.25. The Morgan fingerprint density at radius 2 is 1.48 bits per heavy atom. The zero-order valence-corrected chi connectivity index (χ0v) is 23.1. The van der Waals surface area contributed by atoms with Crippen LogP contribution in [0.4, 0.5) is 5.69 Å². The molecule has 2 unspecified atom stereocenters. The molecule has 0 saturated carbocycles. The first-order valence-electron chi connectivity index (χ1n) is 10.5. The summed E-state index contributed by atoms with van der Waals surface area (Å²) in [5.74, 6) is -0.762. The van der Waals surface area contributed by atoms with E-state index in [1.54, 1.807) is 31.2 Å². The highest BCUT2D eigenvalue weighted by atomic mass is 79.9. The molecule has 10 heteroatoms. The lowest BCUT2D eigenvalue weighted by Gasteiger charge is -2.32. The second-order valence-electron chi connectivity index (χ2n) is 7.89. The van der Waals surface area contributed by atoms with Gasteiger partial charge < -0.3 is 10.2 Å². The molecule has 2 rings (SSSR count). The number of hydrogen-bond donors (Lipinski definition) is 1. The zero-order valence-electron chi connectivity index (χ0n) is 19.1. The highest BCUT2D eigenvalue weighted by molar-refractivity contribution is 9.10. The summed E-state index contributed by atoms with van der Waals surface area (Å²) in [5.41, 5.74) is 1.19. The molecule has 0 aliphatic heterocycles. The lowest BCUT2D eigenvalue weighted by atomic mass is 10.1. The van der Waals surface area contributed by atoms with Gasteiger partial charge in [0.2, 0.25) is 21.8 Å². The average Bonchev–Trinajstić information content (AvgIpc) is 2.76. The molecule has 0 aromatic heterocycles. The molecule has 0 heterocycles. The monoisotopic (exact) mass is 601 g/mol. The zero-order chi connectivity index (χ0) is 24.8. The molecule has 7 nitrogen and oxygen atoms in total. The molecule has 0 spiro atoms. The van der Waals surface area contributed by atoms with Crippen LogP contribution in [0.2, 0.25) is 0 Å². The van der Waals surface area contributed by atoms with Gasteiger partial charge in [0.1, 0.15) is 12.6 Å². The van der Waals surface area contributed by atoms with Crippen LogP contribution < -0.4 is 9.62 Å². The van der Waals surface area contributed by atoms with Crippen LogP contribution in [0.5, 0.6) is 0 Å². The Bertz CT molecular complexity index is 1060. The van der Waals surface area contributed by atoms with E-state index in [1.165, 1.54) is 4.90 Å². The first kappa shape index (κ1) is 27.3. The second kappa shape index (κ2) is 12.0. The van der Waals surface area contributed by atoms with E-state index in [2.05, 4.69) is 37.2 Å². The Labute approximate surface area is 212 Å². The SMILES string of the molecule is CCC(C)NC(=O)C(C)N(Cc1ccc(Br)cc1)C(=O)CN(c1ccc(Br)cc1)S(C)(=O)=O. The molecule has 0 aliphatic carbocycles. The van der Waals surface area contributed by atoms with E-state index in [0.29, 0.717) is 5.69 Å². The van der Waals surface area contributed by atoms with Gasteiger partial charge in [0, 0.05) is 21.5 Å². The molecule has 2 aromatic carbocycles.